The van der Waals surface area contributed by atoms with Crippen LogP contribution in [0.15, 0.2) is 40.3 Å². The highest BCUT2D eigenvalue weighted by molar-refractivity contribution is 7.71. The van der Waals surface area contributed by atoms with E-state index in [1.165, 1.54) is 0 Å². The van der Waals surface area contributed by atoms with Crippen molar-refractivity contribution in [3.05, 3.63) is 46.2 Å². The zero-order valence-electron chi connectivity index (χ0n) is 13.9. The lowest BCUT2D eigenvalue weighted by Gasteiger charge is -2.35. The molecule has 9 heteroatoms. The van der Waals surface area contributed by atoms with Crippen molar-refractivity contribution in [2.45, 2.75) is 6.67 Å². The second-order valence-corrected chi connectivity index (χ2v) is 7.21. The first-order valence-electron chi connectivity index (χ1n) is 8.18. The number of hydrogen-bond acceptors (Lipinski definition) is 8. The van der Waals surface area contributed by atoms with Crippen LogP contribution in [-0.2, 0) is 6.67 Å². The van der Waals surface area contributed by atoms with E-state index in [0.29, 0.717) is 23.0 Å². The maximum Gasteiger partial charge on any atom is 0.288 e. The average molecular weight is 384 g/mol. The third-order valence-corrected chi connectivity index (χ3v) is 5.40. The number of pyridine rings is 1. The summed E-state index contributed by atoms with van der Waals surface area (Å²) in [7, 11) is 0. The maximum absolute atomic E-state index is 9.03. The number of anilines is 1. The van der Waals surface area contributed by atoms with E-state index < -0.39 is 0 Å². The SMILES string of the molecule is N#Cc1ccnc(N2CCN(Cn3nc(-c4cccs4)oc3=S)CC2)c1. The van der Waals surface area contributed by atoms with E-state index >= 15 is 0 Å². The highest BCUT2D eigenvalue weighted by atomic mass is 32.1. The van der Waals surface area contributed by atoms with Gasteiger partial charge in [0.2, 0.25) is 0 Å². The van der Waals surface area contributed by atoms with Gasteiger partial charge in [-0.25, -0.2) is 9.67 Å². The highest BCUT2D eigenvalue weighted by Crippen LogP contribution is 2.23. The van der Waals surface area contributed by atoms with Crippen molar-refractivity contribution in [2.75, 3.05) is 31.1 Å². The molecule has 0 radical (unpaired) electrons. The smallest absolute Gasteiger partial charge is 0.288 e. The summed E-state index contributed by atoms with van der Waals surface area (Å²) in [5.41, 5.74) is 0.632. The molecule has 0 saturated carbocycles. The van der Waals surface area contributed by atoms with Crippen molar-refractivity contribution in [3.8, 4) is 16.8 Å². The summed E-state index contributed by atoms with van der Waals surface area (Å²) in [4.78, 5) is 10.2. The average Bonchev–Trinajstić information content (AvgIpc) is 3.33. The predicted octanol–water partition coefficient (Wildman–Crippen LogP) is 2.98. The minimum atomic E-state index is 0.388. The Balaban J connectivity index is 1.40. The number of nitrogens with zero attached hydrogens (tertiary/aromatic N) is 6. The van der Waals surface area contributed by atoms with Gasteiger partial charge in [0.15, 0.2) is 0 Å². The first-order chi connectivity index (χ1) is 12.7. The molecule has 0 atom stereocenters. The first kappa shape index (κ1) is 16.9. The summed E-state index contributed by atoms with van der Waals surface area (Å²) >= 11 is 6.88. The van der Waals surface area contributed by atoms with Gasteiger partial charge in [0.25, 0.3) is 10.7 Å². The predicted molar refractivity (Wildman–Crippen MR) is 101 cm³/mol. The van der Waals surface area contributed by atoms with Crippen LogP contribution in [0.1, 0.15) is 5.56 Å². The standard InChI is InChI=1S/C17H16N6OS2/c18-11-13-3-4-19-15(10-13)22-7-5-21(6-8-22)12-23-17(25)24-16(20-23)14-2-1-9-26-14/h1-4,9-10H,5-8,12H2. The van der Waals surface area contributed by atoms with Gasteiger partial charge >= 0.3 is 0 Å². The van der Waals surface area contributed by atoms with Gasteiger partial charge in [-0.1, -0.05) is 6.07 Å². The molecule has 0 N–H and O–H groups in total. The Hall–Kier alpha value is -2.54. The molecule has 0 spiro atoms. The lowest BCUT2D eigenvalue weighted by molar-refractivity contribution is 0.192. The van der Waals surface area contributed by atoms with Gasteiger partial charge in [-0.15, -0.1) is 16.4 Å². The second-order valence-electron chi connectivity index (χ2n) is 5.91. The third kappa shape index (κ3) is 3.53. The molecule has 3 aromatic rings. The number of nitriles is 1. The third-order valence-electron chi connectivity index (χ3n) is 4.24. The zero-order valence-corrected chi connectivity index (χ0v) is 15.5. The van der Waals surface area contributed by atoms with Crippen LogP contribution in [0.4, 0.5) is 5.82 Å². The van der Waals surface area contributed by atoms with E-state index in [4.69, 9.17) is 21.9 Å². The van der Waals surface area contributed by atoms with Gasteiger partial charge in [-0.2, -0.15) is 5.26 Å². The van der Waals surface area contributed by atoms with E-state index in [1.807, 2.05) is 23.6 Å². The minimum absolute atomic E-state index is 0.388. The summed E-state index contributed by atoms with van der Waals surface area (Å²) in [6, 6.07) is 9.64. The molecule has 1 saturated heterocycles. The van der Waals surface area contributed by atoms with Crippen LogP contribution in [0.5, 0.6) is 0 Å². The quantitative estimate of drug-likeness (QED) is 0.640. The van der Waals surface area contributed by atoms with Crippen molar-refractivity contribution >= 4 is 29.4 Å². The Kier molecular flexibility index (Phi) is 4.79. The Morgan fingerprint density at radius 2 is 2.12 bits per heavy atom. The molecule has 7 nitrogen and oxygen atoms in total. The van der Waals surface area contributed by atoms with E-state index in [2.05, 4.69) is 26.0 Å². The lowest BCUT2D eigenvalue weighted by Crippen LogP contribution is -2.47. The van der Waals surface area contributed by atoms with Gasteiger partial charge < -0.3 is 9.32 Å². The van der Waals surface area contributed by atoms with Gasteiger partial charge in [-0.3, -0.25) is 4.90 Å². The molecule has 0 amide bonds. The molecular weight excluding hydrogens is 368 g/mol. The van der Waals surface area contributed by atoms with E-state index in [1.54, 1.807) is 28.3 Å². The molecule has 1 fully saturated rings. The summed E-state index contributed by atoms with van der Waals surface area (Å²) in [6.07, 6.45) is 1.68. The second kappa shape index (κ2) is 7.37. The molecule has 1 aliphatic rings. The first-order valence-corrected chi connectivity index (χ1v) is 9.47. The zero-order chi connectivity index (χ0) is 17.9. The normalized spacial score (nSPS) is 15.1. The Morgan fingerprint density at radius 1 is 1.27 bits per heavy atom. The van der Waals surface area contributed by atoms with Crippen LogP contribution >= 0.6 is 23.6 Å². The molecule has 26 heavy (non-hydrogen) atoms. The maximum atomic E-state index is 9.03. The van der Waals surface area contributed by atoms with Gasteiger partial charge in [0, 0.05) is 32.4 Å². The lowest BCUT2D eigenvalue weighted by atomic mass is 10.2. The number of rotatable bonds is 4. The summed E-state index contributed by atoms with van der Waals surface area (Å²) in [5, 5.41) is 15.5. The molecule has 1 aliphatic heterocycles. The van der Waals surface area contributed by atoms with E-state index in [9.17, 15) is 0 Å². The number of piperazine rings is 1. The Morgan fingerprint density at radius 3 is 2.85 bits per heavy atom. The van der Waals surface area contributed by atoms with Crippen LogP contribution in [0, 0.1) is 16.2 Å². The Bertz CT molecular complexity index is 979. The van der Waals surface area contributed by atoms with Crippen molar-refractivity contribution < 1.29 is 4.42 Å². The van der Waals surface area contributed by atoms with Gasteiger partial charge in [0.05, 0.1) is 23.2 Å². The van der Waals surface area contributed by atoms with Crippen molar-refractivity contribution in [2.24, 2.45) is 0 Å². The van der Waals surface area contributed by atoms with Gasteiger partial charge in [-0.05, 0) is 35.8 Å². The largest absolute Gasteiger partial charge is 0.408 e. The van der Waals surface area contributed by atoms with Gasteiger partial charge in [0.1, 0.15) is 5.82 Å². The topological polar surface area (TPSA) is 74.1 Å². The monoisotopic (exact) mass is 384 g/mol. The molecule has 0 aliphatic carbocycles. The van der Waals surface area contributed by atoms with Crippen molar-refractivity contribution in [3.63, 3.8) is 0 Å². The fraction of sp³-hybridized carbons (Fsp3) is 0.294. The summed E-state index contributed by atoms with van der Waals surface area (Å²) < 4.78 is 7.35. The van der Waals surface area contributed by atoms with E-state index in [0.717, 1.165) is 36.9 Å². The number of aromatic nitrogens is 3. The fourth-order valence-electron chi connectivity index (χ4n) is 2.86. The van der Waals surface area contributed by atoms with Crippen molar-refractivity contribution in [1.29, 1.82) is 5.26 Å². The number of hydrogen-bond donors (Lipinski definition) is 0. The molecule has 4 rings (SSSR count). The molecule has 3 aromatic heterocycles. The van der Waals surface area contributed by atoms with Crippen LogP contribution in [-0.4, -0.2) is 45.8 Å². The summed E-state index contributed by atoms with van der Waals surface area (Å²) in [6.45, 7) is 4.01. The minimum Gasteiger partial charge on any atom is -0.408 e. The molecular formula is C17H16N6OS2. The summed E-state index contributed by atoms with van der Waals surface area (Å²) in [5.74, 6) is 1.42. The molecule has 0 aromatic carbocycles. The Labute approximate surface area is 159 Å². The number of thiophene rings is 1. The van der Waals surface area contributed by atoms with Crippen LogP contribution in [0.2, 0.25) is 0 Å². The van der Waals surface area contributed by atoms with Crippen LogP contribution in [0.25, 0.3) is 10.8 Å². The molecule has 0 unspecified atom stereocenters. The highest BCUT2D eigenvalue weighted by Gasteiger charge is 2.20. The van der Waals surface area contributed by atoms with E-state index in [-0.39, 0.29) is 0 Å². The van der Waals surface area contributed by atoms with Crippen LogP contribution in [0.3, 0.4) is 0 Å². The molecule has 132 valence electrons. The molecule has 0 bridgehead atoms. The molecule has 4 heterocycles. The van der Waals surface area contributed by atoms with Crippen LogP contribution < -0.4 is 4.90 Å². The fourth-order valence-corrected chi connectivity index (χ4v) is 3.69. The van der Waals surface area contributed by atoms with Crippen molar-refractivity contribution in [1.82, 2.24) is 19.7 Å².